The van der Waals surface area contributed by atoms with E-state index in [2.05, 4.69) is 5.32 Å². The quantitative estimate of drug-likeness (QED) is 0.611. The lowest BCUT2D eigenvalue weighted by Gasteiger charge is -2.11. The zero-order valence-electron chi connectivity index (χ0n) is 15.4. The van der Waals surface area contributed by atoms with Gasteiger partial charge in [0.05, 0.1) is 7.11 Å². The first kappa shape index (κ1) is 19.7. The van der Waals surface area contributed by atoms with Crippen LogP contribution in [0.1, 0.15) is 15.9 Å². The Hall–Kier alpha value is -3.05. The van der Waals surface area contributed by atoms with Crippen molar-refractivity contribution in [3.63, 3.8) is 0 Å². The predicted molar refractivity (Wildman–Crippen MR) is 109 cm³/mol. The van der Waals surface area contributed by atoms with Gasteiger partial charge in [-0.15, -0.1) is 0 Å². The topological polar surface area (TPSA) is 64.6 Å². The summed E-state index contributed by atoms with van der Waals surface area (Å²) in [4.78, 5) is 24.4. The van der Waals surface area contributed by atoms with Gasteiger partial charge in [-0.25, -0.2) is 4.79 Å². The third-order valence-corrected chi connectivity index (χ3v) is 4.48. The summed E-state index contributed by atoms with van der Waals surface area (Å²) < 4.78 is 10.4. The lowest BCUT2D eigenvalue weighted by molar-refractivity contribution is -0.124. The van der Waals surface area contributed by atoms with E-state index in [1.54, 1.807) is 18.2 Å². The van der Waals surface area contributed by atoms with Gasteiger partial charge in [-0.3, -0.25) is 4.79 Å². The number of nitrogens with one attached hydrogen (secondary N) is 1. The lowest BCUT2D eigenvalue weighted by atomic mass is 10.1. The Bertz CT molecular complexity index is 1000. The average Bonchev–Trinajstić information content (AvgIpc) is 2.71. The van der Waals surface area contributed by atoms with E-state index in [1.807, 2.05) is 42.5 Å². The van der Waals surface area contributed by atoms with Crippen LogP contribution in [0.3, 0.4) is 0 Å². The van der Waals surface area contributed by atoms with E-state index in [9.17, 15) is 9.59 Å². The Balaban J connectivity index is 1.54. The molecule has 144 valence electrons. The minimum Gasteiger partial charge on any atom is -0.496 e. The monoisotopic (exact) mass is 397 g/mol. The number of halogens is 1. The van der Waals surface area contributed by atoms with Crippen molar-refractivity contribution in [3.05, 3.63) is 76.8 Å². The van der Waals surface area contributed by atoms with Crippen LogP contribution in [0.4, 0.5) is 0 Å². The molecule has 0 unspecified atom stereocenters. The Kier molecular flexibility index (Phi) is 6.50. The minimum atomic E-state index is -0.604. The van der Waals surface area contributed by atoms with Gasteiger partial charge in [-0.05, 0) is 47.0 Å². The van der Waals surface area contributed by atoms with Gasteiger partial charge in [0.25, 0.3) is 5.91 Å². The van der Waals surface area contributed by atoms with Crippen LogP contribution in [0.25, 0.3) is 10.8 Å². The molecule has 5 nitrogen and oxygen atoms in total. The maximum atomic E-state index is 12.4. The molecule has 3 rings (SSSR count). The highest BCUT2D eigenvalue weighted by atomic mass is 35.5. The number of rotatable bonds is 7. The SMILES string of the molecule is COc1cc2ccccc2cc1C(=O)OCC(=O)NCCc1cccc(Cl)c1. The molecule has 0 aliphatic carbocycles. The zero-order valence-corrected chi connectivity index (χ0v) is 16.2. The number of carbonyl (C=O) groups excluding carboxylic acids is 2. The molecule has 3 aromatic rings. The number of hydrogen-bond donors (Lipinski definition) is 1. The van der Waals surface area contributed by atoms with Crippen LogP contribution in [0.5, 0.6) is 5.75 Å². The van der Waals surface area contributed by atoms with Crippen molar-refractivity contribution in [1.29, 1.82) is 0 Å². The molecule has 0 radical (unpaired) electrons. The number of carbonyl (C=O) groups is 2. The van der Waals surface area contributed by atoms with Crippen molar-refractivity contribution in [2.45, 2.75) is 6.42 Å². The molecule has 0 bridgehead atoms. The van der Waals surface area contributed by atoms with Crippen molar-refractivity contribution in [2.24, 2.45) is 0 Å². The summed E-state index contributed by atoms with van der Waals surface area (Å²) in [6, 6.07) is 18.5. The van der Waals surface area contributed by atoms with Crippen LogP contribution in [0, 0.1) is 0 Å². The Labute approximate surface area is 168 Å². The smallest absolute Gasteiger partial charge is 0.342 e. The van der Waals surface area contributed by atoms with E-state index in [0.29, 0.717) is 23.7 Å². The number of benzene rings is 3. The van der Waals surface area contributed by atoms with Crippen LogP contribution < -0.4 is 10.1 Å². The first-order valence-corrected chi connectivity index (χ1v) is 9.19. The molecule has 0 aliphatic heterocycles. The molecule has 0 saturated carbocycles. The van der Waals surface area contributed by atoms with Crippen molar-refractivity contribution in [1.82, 2.24) is 5.32 Å². The summed E-state index contributed by atoms with van der Waals surface area (Å²) in [5, 5.41) is 5.22. The summed E-state index contributed by atoms with van der Waals surface area (Å²) in [5.41, 5.74) is 1.30. The predicted octanol–water partition coefficient (Wildman–Crippen LogP) is 4.02. The second-order valence-corrected chi connectivity index (χ2v) is 6.64. The van der Waals surface area contributed by atoms with E-state index >= 15 is 0 Å². The highest BCUT2D eigenvalue weighted by Gasteiger charge is 2.16. The third-order valence-electron chi connectivity index (χ3n) is 4.25. The van der Waals surface area contributed by atoms with E-state index in [1.165, 1.54) is 7.11 Å². The molecule has 6 heteroatoms. The Morgan fingerprint density at radius 1 is 1.00 bits per heavy atom. The van der Waals surface area contributed by atoms with E-state index < -0.39 is 5.97 Å². The fourth-order valence-electron chi connectivity index (χ4n) is 2.85. The van der Waals surface area contributed by atoms with E-state index in [0.717, 1.165) is 16.3 Å². The molecule has 3 aromatic carbocycles. The summed E-state index contributed by atoms with van der Waals surface area (Å²) >= 11 is 5.94. The number of fused-ring (bicyclic) bond motifs is 1. The van der Waals surface area contributed by atoms with Gasteiger partial charge < -0.3 is 14.8 Å². The van der Waals surface area contributed by atoms with Crippen molar-refractivity contribution >= 4 is 34.2 Å². The molecule has 0 spiro atoms. The fourth-order valence-corrected chi connectivity index (χ4v) is 3.06. The third kappa shape index (κ3) is 5.02. The minimum absolute atomic E-state index is 0.285. The molecule has 1 N–H and O–H groups in total. The van der Waals surface area contributed by atoms with E-state index in [-0.39, 0.29) is 18.1 Å². The fraction of sp³-hybridized carbons (Fsp3) is 0.182. The highest BCUT2D eigenvalue weighted by Crippen LogP contribution is 2.26. The average molecular weight is 398 g/mol. The molecular formula is C22H20ClNO4. The summed E-state index contributed by atoms with van der Waals surface area (Å²) in [7, 11) is 1.49. The molecule has 0 aromatic heterocycles. The van der Waals surface area contributed by atoms with Gasteiger partial charge in [-0.2, -0.15) is 0 Å². The number of amides is 1. The van der Waals surface area contributed by atoms with Crippen LogP contribution in [-0.4, -0.2) is 32.1 Å². The van der Waals surface area contributed by atoms with Crippen LogP contribution in [-0.2, 0) is 16.0 Å². The molecule has 0 atom stereocenters. The van der Waals surface area contributed by atoms with Gasteiger partial charge in [0.15, 0.2) is 6.61 Å². The molecule has 0 aliphatic rings. The molecule has 0 saturated heterocycles. The maximum Gasteiger partial charge on any atom is 0.342 e. The van der Waals surface area contributed by atoms with Gasteiger partial charge in [-0.1, -0.05) is 48.0 Å². The molecule has 0 heterocycles. The molecule has 0 fully saturated rings. The second-order valence-electron chi connectivity index (χ2n) is 6.21. The van der Waals surface area contributed by atoms with Gasteiger partial charge in [0.1, 0.15) is 11.3 Å². The van der Waals surface area contributed by atoms with E-state index in [4.69, 9.17) is 21.1 Å². The number of esters is 1. The van der Waals surface area contributed by atoms with Crippen LogP contribution in [0.2, 0.25) is 5.02 Å². The Morgan fingerprint density at radius 3 is 2.46 bits per heavy atom. The summed E-state index contributed by atoms with van der Waals surface area (Å²) in [6.07, 6.45) is 0.638. The largest absolute Gasteiger partial charge is 0.496 e. The zero-order chi connectivity index (χ0) is 19.9. The number of methoxy groups -OCH3 is 1. The van der Waals surface area contributed by atoms with Crippen LogP contribution >= 0.6 is 11.6 Å². The standard InChI is InChI=1S/C22H20ClNO4/c1-27-20-13-17-7-3-2-6-16(17)12-19(20)22(26)28-14-21(25)24-10-9-15-5-4-8-18(23)11-15/h2-8,11-13H,9-10,14H2,1H3,(H,24,25). The molecular weight excluding hydrogens is 378 g/mol. The Morgan fingerprint density at radius 2 is 1.75 bits per heavy atom. The van der Waals surface area contributed by atoms with Crippen molar-refractivity contribution in [2.75, 3.05) is 20.3 Å². The molecule has 28 heavy (non-hydrogen) atoms. The highest BCUT2D eigenvalue weighted by molar-refractivity contribution is 6.30. The van der Waals surface area contributed by atoms with Crippen molar-refractivity contribution in [3.8, 4) is 5.75 Å². The number of ether oxygens (including phenoxy) is 2. The van der Waals surface area contributed by atoms with Gasteiger partial charge >= 0.3 is 5.97 Å². The summed E-state index contributed by atoms with van der Waals surface area (Å²) in [6.45, 7) is 0.0698. The van der Waals surface area contributed by atoms with Crippen molar-refractivity contribution < 1.29 is 19.1 Å². The molecule has 1 amide bonds. The van der Waals surface area contributed by atoms with Gasteiger partial charge in [0.2, 0.25) is 0 Å². The first-order valence-electron chi connectivity index (χ1n) is 8.82. The van der Waals surface area contributed by atoms with Gasteiger partial charge in [0, 0.05) is 11.6 Å². The van der Waals surface area contributed by atoms with Crippen LogP contribution in [0.15, 0.2) is 60.7 Å². The number of hydrogen-bond acceptors (Lipinski definition) is 4. The summed E-state index contributed by atoms with van der Waals surface area (Å²) in [5.74, 6) is -0.562. The maximum absolute atomic E-state index is 12.4. The first-order chi connectivity index (χ1) is 13.6. The second kappa shape index (κ2) is 9.24. The normalized spacial score (nSPS) is 10.5. The lowest BCUT2D eigenvalue weighted by Crippen LogP contribution is -2.30.